The van der Waals surface area contributed by atoms with Gasteiger partial charge in [-0.15, -0.1) is 0 Å². The van der Waals surface area contributed by atoms with Gasteiger partial charge in [0, 0.05) is 12.8 Å². The summed E-state index contributed by atoms with van der Waals surface area (Å²) < 4.78 is 10.3. The lowest BCUT2D eigenvalue weighted by atomic mass is 9.94. The number of phenols is 1. The summed E-state index contributed by atoms with van der Waals surface area (Å²) in [6.07, 6.45) is 2.16. The van der Waals surface area contributed by atoms with E-state index in [1.165, 1.54) is 7.11 Å². The minimum Gasteiger partial charge on any atom is -0.504 e. The van der Waals surface area contributed by atoms with Gasteiger partial charge in [0.05, 0.1) is 7.11 Å². The summed E-state index contributed by atoms with van der Waals surface area (Å²) in [5, 5.41) is 9.97. The molecule has 1 atom stereocenters. The van der Waals surface area contributed by atoms with Crippen LogP contribution >= 0.6 is 0 Å². The summed E-state index contributed by atoms with van der Waals surface area (Å²) >= 11 is 0. The van der Waals surface area contributed by atoms with E-state index in [-0.39, 0.29) is 28.9 Å². The van der Waals surface area contributed by atoms with Crippen LogP contribution in [-0.4, -0.2) is 30.1 Å². The number of ketones is 1. The van der Waals surface area contributed by atoms with Gasteiger partial charge in [0.25, 0.3) is 0 Å². The van der Waals surface area contributed by atoms with Crippen molar-refractivity contribution in [2.45, 2.75) is 38.7 Å². The largest absolute Gasteiger partial charge is 0.504 e. The maximum atomic E-state index is 12.0. The van der Waals surface area contributed by atoms with Gasteiger partial charge in [-0.2, -0.15) is 0 Å². The number of ether oxygens (including phenoxy) is 2. The number of rotatable bonds is 5. The van der Waals surface area contributed by atoms with Gasteiger partial charge in [-0.05, 0) is 31.4 Å². The van der Waals surface area contributed by atoms with Crippen molar-refractivity contribution in [1.82, 2.24) is 0 Å². The molecule has 1 aromatic carbocycles. The maximum Gasteiger partial charge on any atom is 0.342 e. The van der Waals surface area contributed by atoms with Crippen molar-refractivity contribution in [1.29, 1.82) is 0 Å². The van der Waals surface area contributed by atoms with Gasteiger partial charge in [-0.25, -0.2) is 4.79 Å². The maximum absolute atomic E-state index is 12.0. The molecule has 2 rings (SSSR count). The molecule has 0 spiro atoms. The molecular formula is C15H18O5. The van der Waals surface area contributed by atoms with Gasteiger partial charge in [0.15, 0.2) is 11.5 Å². The topological polar surface area (TPSA) is 72.8 Å². The summed E-state index contributed by atoms with van der Waals surface area (Å²) in [6.45, 7) is 1.55. The van der Waals surface area contributed by atoms with Crippen LogP contribution in [0.25, 0.3) is 0 Å². The molecule has 0 saturated carbocycles. The van der Waals surface area contributed by atoms with E-state index < -0.39 is 5.97 Å². The van der Waals surface area contributed by atoms with E-state index in [0.29, 0.717) is 25.7 Å². The molecule has 1 aromatic rings. The fraction of sp³-hybridized carbons (Fsp3) is 0.467. The first-order valence-electron chi connectivity index (χ1n) is 6.62. The fourth-order valence-electron chi connectivity index (χ4n) is 2.41. The Morgan fingerprint density at radius 3 is 2.90 bits per heavy atom. The van der Waals surface area contributed by atoms with E-state index in [0.717, 1.165) is 5.56 Å². The van der Waals surface area contributed by atoms with Crippen molar-refractivity contribution < 1.29 is 24.2 Å². The lowest BCUT2D eigenvalue weighted by Gasteiger charge is -2.25. The van der Waals surface area contributed by atoms with E-state index in [2.05, 4.69) is 0 Å². The molecule has 0 amide bonds. The lowest BCUT2D eigenvalue weighted by Crippen LogP contribution is -2.28. The number of cyclic esters (lactones) is 1. The molecule has 1 aliphatic rings. The molecule has 0 aromatic heterocycles. The minimum absolute atomic E-state index is 0.134. The van der Waals surface area contributed by atoms with E-state index in [4.69, 9.17) is 9.47 Å². The third-order valence-corrected chi connectivity index (χ3v) is 3.43. The van der Waals surface area contributed by atoms with Gasteiger partial charge in [-0.3, -0.25) is 0 Å². The highest BCUT2D eigenvalue weighted by molar-refractivity contribution is 5.96. The number of aromatic hydroxyl groups is 1. The smallest absolute Gasteiger partial charge is 0.342 e. The molecule has 0 fully saturated rings. The number of fused-ring (bicyclic) bond motifs is 1. The average molecular weight is 278 g/mol. The second-order valence-corrected chi connectivity index (χ2v) is 4.98. The summed E-state index contributed by atoms with van der Waals surface area (Å²) in [7, 11) is 1.43. The first-order chi connectivity index (χ1) is 9.52. The van der Waals surface area contributed by atoms with Crippen LogP contribution in [0, 0.1) is 0 Å². The van der Waals surface area contributed by atoms with Gasteiger partial charge in [0.1, 0.15) is 17.5 Å². The molecule has 20 heavy (non-hydrogen) atoms. The Balaban J connectivity index is 2.12. The second-order valence-electron chi connectivity index (χ2n) is 4.98. The number of carbonyl (C=O) groups is 2. The molecule has 0 aliphatic carbocycles. The molecular weight excluding hydrogens is 260 g/mol. The number of esters is 1. The second kappa shape index (κ2) is 5.94. The number of phenolic OH excluding ortho intramolecular Hbond substituents is 1. The SMILES string of the molecule is COc1ccc2c(c1O)C(=O)O[C@H](CCCC(C)=O)C2. The summed E-state index contributed by atoms with van der Waals surface area (Å²) in [5.41, 5.74) is 0.944. The minimum atomic E-state index is -0.532. The van der Waals surface area contributed by atoms with E-state index >= 15 is 0 Å². The summed E-state index contributed by atoms with van der Waals surface area (Å²) in [4.78, 5) is 22.9. The molecule has 0 bridgehead atoms. The molecule has 1 aliphatic heterocycles. The van der Waals surface area contributed by atoms with Crippen molar-refractivity contribution in [3.05, 3.63) is 23.3 Å². The molecule has 1 N–H and O–H groups in total. The van der Waals surface area contributed by atoms with Crippen LogP contribution in [0.1, 0.15) is 42.1 Å². The predicted molar refractivity (Wildman–Crippen MR) is 72.1 cm³/mol. The molecule has 0 unspecified atom stereocenters. The van der Waals surface area contributed by atoms with Crippen LogP contribution < -0.4 is 4.74 Å². The van der Waals surface area contributed by atoms with Crippen LogP contribution in [0.2, 0.25) is 0 Å². The highest BCUT2D eigenvalue weighted by Crippen LogP contribution is 2.36. The first kappa shape index (κ1) is 14.4. The zero-order chi connectivity index (χ0) is 14.7. The standard InChI is InChI=1S/C15H18O5/c1-9(16)4-3-5-11-8-10-6-7-12(19-2)14(17)13(10)15(18)20-11/h6-7,11,17H,3-5,8H2,1-2H3/t11-/m1/s1. The molecule has 5 heteroatoms. The Bertz CT molecular complexity index is 535. The van der Waals surface area contributed by atoms with Crippen LogP contribution in [0.4, 0.5) is 0 Å². The molecule has 1 heterocycles. The Hall–Kier alpha value is -2.04. The van der Waals surface area contributed by atoms with Gasteiger partial charge < -0.3 is 19.4 Å². The molecule has 5 nitrogen and oxygen atoms in total. The molecule has 108 valence electrons. The molecule has 0 radical (unpaired) electrons. The van der Waals surface area contributed by atoms with E-state index in [1.807, 2.05) is 0 Å². The zero-order valence-electron chi connectivity index (χ0n) is 11.6. The van der Waals surface area contributed by atoms with E-state index in [1.54, 1.807) is 19.1 Å². The summed E-state index contributed by atoms with van der Waals surface area (Å²) in [6, 6.07) is 3.41. The third-order valence-electron chi connectivity index (χ3n) is 3.43. The van der Waals surface area contributed by atoms with Crippen molar-refractivity contribution in [3.8, 4) is 11.5 Å². The highest BCUT2D eigenvalue weighted by Gasteiger charge is 2.30. The Labute approximate surface area is 117 Å². The zero-order valence-corrected chi connectivity index (χ0v) is 11.6. The van der Waals surface area contributed by atoms with E-state index in [9.17, 15) is 14.7 Å². The van der Waals surface area contributed by atoms with Crippen molar-refractivity contribution in [2.24, 2.45) is 0 Å². The Kier molecular flexibility index (Phi) is 4.27. The van der Waals surface area contributed by atoms with Crippen LogP contribution in [0.15, 0.2) is 12.1 Å². The van der Waals surface area contributed by atoms with Crippen molar-refractivity contribution in [3.63, 3.8) is 0 Å². The Morgan fingerprint density at radius 2 is 2.25 bits per heavy atom. The quantitative estimate of drug-likeness (QED) is 0.836. The van der Waals surface area contributed by atoms with Crippen LogP contribution in [0.5, 0.6) is 11.5 Å². The summed E-state index contributed by atoms with van der Waals surface area (Å²) in [5.74, 6) is -0.307. The van der Waals surface area contributed by atoms with Gasteiger partial charge in [-0.1, -0.05) is 6.07 Å². The Morgan fingerprint density at radius 1 is 1.50 bits per heavy atom. The van der Waals surface area contributed by atoms with Crippen LogP contribution in [-0.2, 0) is 16.0 Å². The van der Waals surface area contributed by atoms with Crippen molar-refractivity contribution >= 4 is 11.8 Å². The number of Topliss-reactive ketones (excluding diaryl/α,β-unsaturated/α-hetero) is 1. The van der Waals surface area contributed by atoms with Gasteiger partial charge in [0.2, 0.25) is 0 Å². The van der Waals surface area contributed by atoms with Gasteiger partial charge >= 0.3 is 5.97 Å². The van der Waals surface area contributed by atoms with Crippen molar-refractivity contribution in [2.75, 3.05) is 7.11 Å². The first-order valence-corrected chi connectivity index (χ1v) is 6.62. The number of hydrogen-bond acceptors (Lipinski definition) is 5. The normalized spacial score (nSPS) is 17.3. The average Bonchev–Trinajstić information content (AvgIpc) is 2.38. The fourth-order valence-corrected chi connectivity index (χ4v) is 2.41. The predicted octanol–water partition coefficient (Wildman–Crippen LogP) is 2.24. The third kappa shape index (κ3) is 2.92. The number of carbonyl (C=O) groups excluding carboxylic acids is 2. The number of hydrogen-bond donors (Lipinski definition) is 1. The monoisotopic (exact) mass is 278 g/mol. The highest BCUT2D eigenvalue weighted by atomic mass is 16.5. The molecule has 0 saturated heterocycles. The number of benzene rings is 1. The van der Waals surface area contributed by atoms with Crippen LogP contribution in [0.3, 0.4) is 0 Å². The number of methoxy groups -OCH3 is 1. The lowest BCUT2D eigenvalue weighted by molar-refractivity contribution is -0.117.